The first-order valence-corrected chi connectivity index (χ1v) is 9.39. The van der Waals surface area contributed by atoms with Crippen molar-refractivity contribution in [2.45, 2.75) is 38.8 Å². The molecular formula is C22H29NO5. The minimum Gasteiger partial charge on any atom is -0.493 e. The molecule has 0 saturated carbocycles. The van der Waals surface area contributed by atoms with E-state index in [1.165, 1.54) is 0 Å². The predicted octanol–water partition coefficient (Wildman–Crippen LogP) is 4.14. The maximum atomic E-state index is 12.9. The summed E-state index contributed by atoms with van der Waals surface area (Å²) < 4.78 is 21.9. The van der Waals surface area contributed by atoms with Crippen LogP contribution in [0.15, 0.2) is 42.5 Å². The third kappa shape index (κ3) is 5.09. The maximum absolute atomic E-state index is 12.9. The molecule has 1 amide bonds. The van der Waals surface area contributed by atoms with Gasteiger partial charge < -0.3 is 24.3 Å². The number of methoxy groups -OCH3 is 3. The van der Waals surface area contributed by atoms with Crippen LogP contribution in [0.1, 0.15) is 38.3 Å². The number of amides is 1. The molecule has 2 rings (SSSR count). The van der Waals surface area contributed by atoms with E-state index in [1.807, 2.05) is 44.2 Å². The molecular weight excluding hydrogens is 358 g/mol. The van der Waals surface area contributed by atoms with Crippen molar-refractivity contribution in [3.63, 3.8) is 0 Å². The van der Waals surface area contributed by atoms with E-state index in [2.05, 4.69) is 5.32 Å². The maximum Gasteiger partial charge on any atom is 0.261 e. The van der Waals surface area contributed by atoms with Crippen molar-refractivity contribution in [2.24, 2.45) is 0 Å². The molecule has 0 unspecified atom stereocenters. The molecule has 2 atom stereocenters. The summed E-state index contributed by atoms with van der Waals surface area (Å²) in [7, 11) is 4.76. The van der Waals surface area contributed by atoms with Crippen LogP contribution in [0.25, 0.3) is 0 Å². The van der Waals surface area contributed by atoms with Crippen LogP contribution in [-0.2, 0) is 4.79 Å². The molecule has 0 bridgehead atoms. The second-order valence-corrected chi connectivity index (χ2v) is 6.25. The second kappa shape index (κ2) is 10.4. The topological polar surface area (TPSA) is 66.0 Å². The van der Waals surface area contributed by atoms with Gasteiger partial charge in [-0.05, 0) is 42.7 Å². The number of carbonyl (C=O) groups excluding carboxylic acids is 1. The van der Waals surface area contributed by atoms with E-state index in [9.17, 15) is 4.79 Å². The summed E-state index contributed by atoms with van der Waals surface area (Å²) in [5, 5.41) is 3.08. The lowest BCUT2D eigenvalue weighted by Crippen LogP contribution is -2.40. The number of rotatable bonds is 10. The first kappa shape index (κ1) is 21.4. The Labute approximate surface area is 166 Å². The Kier molecular flexibility index (Phi) is 7.99. The van der Waals surface area contributed by atoms with Gasteiger partial charge in [0.25, 0.3) is 5.91 Å². The van der Waals surface area contributed by atoms with Crippen molar-refractivity contribution in [2.75, 3.05) is 21.3 Å². The Hall–Kier alpha value is -2.89. The summed E-state index contributed by atoms with van der Waals surface area (Å²) >= 11 is 0. The third-order valence-corrected chi connectivity index (χ3v) is 4.54. The number of para-hydroxylation sites is 2. The zero-order valence-electron chi connectivity index (χ0n) is 17.2. The number of benzene rings is 2. The number of hydrogen-bond donors (Lipinski definition) is 1. The number of nitrogens with one attached hydrogen (secondary N) is 1. The second-order valence-electron chi connectivity index (χ2n) is 6.25. The lowest BCUT2D eigenvalue weighted by atomic mass is 10.0. The number of hydrogen-bond acceptors (Lipinski definition) is 5. The fourth-order valence-electron chi connectivity index (χ4n) is 2.95. The highest BCUT2D eigenvalue weighted by atomic mass is 16.5. The summed E-state index contributed by atoms with van der Waals surface area (Å²) in [4.78, 5) is 12.9. The molecule has 6 nitrogen and oxygen atoms in total. The van der Waals surface area contributed by atoms with E-state index >= 15 is 0 Å². The Morgan fingerprint density at radius 1 is 0.857 bits per heavy atom. The van der Waals surface area contributed by atoms with Crippen molar-refractivity contribution < 1.29 is 23.7 Å². The van der Waals surface area contributed by atoms with Gasteiger partial charge in [0.15, 0.2) is 29.1 Å². The molecule has 2 aromatic rings. The highest BCUT2D eigenvalue weighted by molar-refractivity contribution is 5.81. The minimum absolute atomic E-state index is 0.164. The molecule has 1 N–H and O–H groups in total. The lowest BCUT2D eigenvalue weighted by Gasteiger charge is -2.23. The minimum atomic E-state index is -0.620. The molecule has 152 valence electrons. The monoisotopic (exact) mass is 387 g/mol. The van der Waals surface area contributed by atoms with Crippen molar-refractivity contribution >= 4 is 5.91 Å². The van der Waals surface area contributed by atoms with Gasteiger partial charge in [0.2, 0.25) is 0 Å². The molecule has 0 saturated heterocycles. The van der Waals surface area contributed by atoms with Crippen LogP contribution in [0.2, 0.25) is 0 Å². The molecule has 0 spiro atoms. The summed E-state index contributed by atoms with van der Waals surface area (Å²) in [6.07, 6.45) is 0.643. The van der Waals surface area contributed by atoms with Gasteiger partial charge in [-0.15, -0.1) is 0 Å². The first-order chi connectivity index (χ1) is 13.6. The predicted molar refractivity (Wildman–Crippen MR) is 108 cm³/mol. The van der Waals surface area contributed by atoms with E-state index in [-0.39, 0.29) is 11.9 Å². The number of carbonyl (C=O) groups is 1. The average Bonchev–Trinajstić information content (AvgIpc) is 2.75. The van der Waals surface area contributed by atoms with Crippen LogP contribution in [0, 0.1) is 0 Å². The SMILES string of the molecule is CC[C@@H](Oc1ccccc1OC)C(=O)N[C@H](CC)c1ccc(OC)c(OC)c1. The summed E-state index contributed by atoms with van der Waals surface area (Å²) in [5.41, 5.74) is 0.945. The van der Waals surface area contributed by atoms with E-state index in [0.717, 1.165) is 12.0 Å². The molecule has 6 heteroatoms. The standard InChI is InChI=1S/C22H29NO5/c1-6-16(15-12-13-19(26-4)21(14-15)27-5)23-22(24)17(7-2)28-20-11-9-8-10-18(20)25-3/h8-14,16-17H,6-7H2,1-5H3,(H,23,24)/t16-,17-/m1/s1. The molecule has 0 aliphatic carbocycles. The molecule has 0 aliphatic rings. The Morgan fingerprint density at radius 3 is 2.04 bits per heavy atom. The van der Waals surface area contributed by atoms with Crippen LogP contribution < -0.4 is 24.3 Å². The van der Waals surface area contributed by atoms with Crippen molar-refractivity contribution in [1.82, 2.24) is 5.32 Å². The van der Waals surface area contributed by atoms with Crippen molar-refractivity contribution in [1.29, 1.82) is 0 Å². The molecule has 0 heterocycles. The van der Waals surface area contributed by atoms with Crippen LogP contribution in [0.3, 0.4) is 0 Å². The van der Waals surface area contributed by atoms with Crippen LogP contribution in [0.5, 0.6) is 23.0 Å². The van der Waals surface area contributed by atoms with Gasteiger partial charge in [0.05, 0.1) is 27.4 Å². The van der Waals surface area contributed by atoms with Crippen molar-refractivity contribution in [3.05, 3.63) is 48.0 Å². The molecule has 0 aliphatic heterocycles. The smallest absolute Gasteiger partial charge is 0.261 e. The highest BCUT2D eigenvalue weighted by Crippen LogP contribution is 2.31. The largest absolute Gasteiger partial charge is 0.493 e. The van der Waals surface area contributed by atoms with E-state index in [0.29, 0.717) is 29.4 Å². The highest BCUT2D eigenvalue weighted by Gasteiger charge is 2.23. The zero-order valence-corrected chi connectivity index (χ0v) is 17.2. The normalized spacial score (nSPS) is 12.6. The van der Waals surface area contributed by atoms with Gasteiger partial charge in [-0.1, -0.05) is 32.0 Å². The van der Waals surface area contributed by atoms with Crippen LogP contribution >= 0.6 is 0 Å². The summed E-state index contributed by atoms with van der Waals surface area (Å²) in [6, 6.07) is 12.8. The molecule has 0 fully saturated rings. The van der Waals surface area contributed by atoms with Gasteiger partial charge in [-0.2, -0.15) is 0 Å². The quantitative estimate of drug-likeness (QED) is 0.664. The van der Waals surface area contributed by atoms with Crippen LogP contribution in [-0.4, -0.2) is 33.3 Å². The van der Waals surface area contributed by atoms with Gasteiger partial charge in [-0.25, -0.2) is 0 Å². The molecule has 0 radical (unpaired) electrons. The van der Waals surface area contributed by atoms with E-state index < -0.39 is 6.10 Å². The van der Waals surface area contributed by atoms with Gasteiger partial charge in [-0.3, -0.25) is 4.79 Å². The third-order valence-electron chi connectivity index (χ3n) is 4.54. The lowest BCUT2D eigenvalue weighted by molar-refractivity contribution is -0.129. The fraction of sp³-hybridized carbons (Fsp3) is 0.409. The van der Waals surface area contributed by atoms with E-state index in [1.54, 1.807) is 33.5 Å². The molecule has 28 heavy (non-hydrogen) atoms. The molecule has 0 aromatic heterocycles. The Bertz CT molecular complexity index is 777. The van der Waals surface area contributed by atoms with Gasteiger partial charge in [0, 0.05) is 0 Å². The van der Waals surface area contributed by atoms with Crippen molar-refractivity contribution in [3.8, 4) is 23.0 Å². The average molecular weight is 387 g/mol. The fourth-order valence-corrected chi connectivity index (χ4v) is 2.95. The molecule has 2 aromatic carbocycles. The zero-order chi connectivity index (χ0) is 20.5. The summed E-state index contributed by atoms with van der Waals surface area (Å²) in [5.74, 6) is 2.25. The Morgan fingerprint density at radius 2 is 1.46 bits per heavy atom. The van der Waals surface area contributed by atoms with Gasteiger partial charge in [0.1, 0.15) is 0 Å². The first-order valence-electron chi connectivity index (χ1n) is 9.39. The number of ether oxygens (including phenoxy) is 4. The van der Waals surface area contributed by atoms with E-state index in [4.69, 9.17) is 18.9 Å². The van der Waals surface area contributed by atoms with Gasteiger partial charge >= 0.3 is 0 Å². The summed E-state index contributed by atoms with van der Waals surface area (Å²) in [6.45, 7) is 3.93. The van der Waals surface area contributed by atoms with Crippen LogP contribution in [0.4, 0.5) is 0 Å². The Balaban J connectivity index is 2.15.